The highest BCUT2D eigenvalue weighted by atomic mass is 16.3. The average molecular weight is 334 g/mol. The summed E-state index contributed by atoms with van der Waals surface area (Å²) in [6, 6.07) is 6.77. The van der Waals surface area contributed by atoms with Gasteiger partial charge in [0.1, 0.15) is 0 Å². The number of benzene rings is 1. The molecule has 0 aliphatic rings. The third kappa shape index (κ3) is 6.54. The highest BCUT2D eigenvalue weighted by molar-refractivity contribution is 5.99. The van der Waals surface area contributed by atoms with E-state index in [0.717, 1.165) is 0 Å². The molecule has 0 atom stereocenters. The van der Waals surface area contributed by atoms with Crippen LogP contribution in [0.5, 0.6) is 0 Å². The van der Waals surface area contributed by atoms with Crippen molar-refractivity contribution < 1.29 is 19.8 Å². The van der Waals surface area contributed by atoms with Crippen molar-refractivity contribution in [2.75, 3.05) is 13.2 Å². The van der Waals surface area contributed by atoms with E-state index in [2.05, 4.69) is 0 Å². The second kappa shape index (κ2) is 8.54. The molecule has 0 heterocycles. The quantitative estimate of drug-likeness (QED) is 0.641. The Morgan fingerprint density at radius 3 is 1.29 bits per heavy atom. The van der Waals surface area contributed by atoms with E-state index >= 15 is 0 Å². The minimum atomic E-state index is -0.259. The van der Waals surface area contributed by atoms with E-state index in [1.165, 1.54) is 0 Å². The van der Waals surface area contributed by atoms with Crippen molar-refractivity contribution >= 4 is 11.6 Å². The molecule has 0 saturated heterocycles. The van der Waals surface area contributed by atoms with Gasteiger partial charge < -0.3 is 10.2 Å². The van der Waals surface area contributed by atoms with E-state index < -0.39 is 0 Å². The zero-order chi connectivity index (χ0) is 18.4. The molecule has 0 aromatic heterocycles. The van der Waals surface area contributed by atoms with Crippen LogP contribution in [0.4, 0.5) is 0 Å². The lowest BCUT2D eigenvalue weighted by molar-refractivity contribution is 0.0922. The number of carbonyl (C=O) groups excluding carboxylic acids is 2. The molecule has 1 aromatic rings. The molecule has 0 radical (unpaired) electrons. The summed E-state index contributed by atoms with van der Waals surface area (Å²) in [7, 11) is 0. The van der Waals surface area contributed by atoms with Crippen LogP contribution in [0.1, 0.15) is 74.1 Å². The number of aliphatic hydroxyl groups is 2. The molecule has 2 N–H and O–H groups in total. The first-order chi connectivity index (χ1) is 11.1. The molecule has 4 nitrogen and oxygen atoms in total. The molecular weight excluding hydrogens is 304 g/mol. The second-order valence-electron chi connectivity index (χ2n) is 8.07. The Bertz CT molecular complexity index is 505. The van der Waals surface area contributed by atoms with Crippen molar-refractivity contribution in [2.45, 2.75) is 53.4 Å². The molecule has 0 amide bonds. The molecule has 1 rings (SSSR count). The van der Waals surface area contributed by atoms with Crippen LogP contribution in [0, 0.1) is 10.8 Å². The summed E-state index contributed by atoms with van der Waals surface area (Å²) >= 11 is 0. The fraction of sp³-hybridized carbons (Fsp3) is 0.600. The van der Waals surface area contributed by atoms with Gasteiger partial charge in [0.2, 0.25) is 0 Å². The molecule has 1 aromatic carbocycles. The summed E-state index contributed by atoms with van der Waals surface area (Å²) in [5.74, 6) is 0.0499. The van der Waals surface area contributed by atoms with Gasteiger partial charge in [-0.1, -0.05) is 52.0 Å². The minimum absolute atomic E-state index is 0.0249. The Labute approximate surface area is 144 Å². The Kier molecular flexibility index (Phi) is 7.30. The molecule has 0 saturated carbocycles. The van der Waals surface area contributed by atoms with Gasteiger partial charge in [-0.2, -0.15) is 0 Å². The smallest absolute Gasteiger partial charge is 0.162 e. The fourth-order valence-electron chi connectivity index (χ4n) is 2.19. The average Bonchev–Trinajstić information content (AvgIpc) is 2.58. The van der Waals surface area contributed by atoms with Crippen molar-refractivity contribution in [3.8, 4) is 0 Å². The molecule has 24 heavy (non-hydrogen) atoms. The van der Waals surface area contributed by atoms with Gasteiger partial charge in [-0.05, 0) is 23.7 Å². The van der Waals surface area contributed by atoms with Gasteiger partial charge in [-0.3, -0.25) is 9.59 Å². The molecule has 0 unspecified atom stereocenters. The number of Topliss-reactive ketones (excluding diaryl/α,β-unsaturated/α-hetero) is 2. The lowest BCUT2D eigenvalue weighted by Crippen LogP contribution is -2.18. The van der Waals surface area contributed by atoms with Crippen LogP contribution in [0.25, 0.3) is 0 Å². The van der Waals surface area contributed by atoms with Gasteiger partial charge in [0.05, 0.1) is 0 Å². The standard InChI is InChI=1S/C20H30O4/c1-19(2,13-21)11-9-17(23)15-5-7-16(8-6-15)18(24)10-12-20(3,4)14-22/h5-8,21-22H,9-14H2,1-4H3. The molecule has 0 aliphatic carbocycles. The first-order valence-corrected chi connectivity index (χ1v) is 8.48. The van der Waals surface area contributed by atoms with Crippen molar-refractivity contribution in [3.05, 3.63) is 35.4 Å². The van der Waals surface area contributed by atoms with E-state index in [1.54, 1.807) is 24.3 Å². The maximum Gasteiger partial charge on any atom is 0.162 e. The van der Waals surface area contributed by atoms with Crippen LogP contribution in [-0.2, 0) is 0 Å². The predicted octanol–water partition coefficient (Wildman–Crippen LogP) is 3.65. The Morgan fingerprint density at radius 1 is 0.750 bits per heavy atom. The van der Waals surface area contributed by atoms with Gasteiger partial charge in [0, 0.05) is 37.2 Å². The van der Waals surface area contributed by atoms with Crippen molar-refractivity contribution in [3.63, 3.8) is 0 Å². The van der Waals surface area contributed by atoms with Crippen molar-refractivity contribution in [1.82, 2.24) is 0 Å². The molecule has 0 aliphatic heterocycles. The highest BCUT2D eigenvalue weighted by Crippen LogP contribution is 2.24. The summed E-state index contributed by atoms with van der Waals surface area (Å²) in [6.07, 6.45) is 2.01. The summed E-state index contributed by atoms with van der Waals surface area (Å²) < 4.78 is 0. The summed E-state index contributed by atoms with van der Waals surface area (Å²) in [5, 5.41) is 18.5. The SMILES string of the molecule is CC(C)(CO)CCC(=O)c1ccc(C(=O)CCC(C)(C)CO)cc1. The van der Waals surface area contributed by atoms with Crippen LogP contribution in [0.2, 0.25) is 0 Å². The Hall–Kier alpha value is -1.52. The molecular formula is C20H30O4. The van der Waals surface area contributed by atoms with Crippen LogP contribution in [0.3, 0.4) is 0 Å². The minimum Gasteiger partial charge on any atom is -0.396 e. The van der Waals surface area contributed by atoms with Gasteiger partial charge in [-0.25, -0.2) is 0 Å². The summed E-state index contributed by atoms with van der Waals surface area (Å²) in [4.78, 5) is 24.4. The fourth-order valence-corrected chi connectivity index (χ4v) is 2.19. The Morgan fingerprint density at radius 2 is 1.04 bits per heavy atom. The van der Waals surface area contributed by atoms with E-state index in [9.17, 15) is 19.8 Å². The van der Waals surface area contributed by atoms with E-state index in [0.29, 0.717) is 36.8 Å². The monoisotopic (exact) mass is 334 g/mol. The molecule has 0 fully saturated rings. The molecule has 134 valence electrons. The van der Waals surface area contributed by atoms with Crippen molar-refractivity contribution in [1.29, 1.82) is 0 Å². The van der Waals surface area contributed by atoms with Crippen LogP contribution in [0.15, 0.2) is 24.3 Å². The van der Waals surface area contributed by atoms with Gasteiger partial charge in [-0.15, -0.1) is 0 Å². The normalized spacial score (nSPS) is 12.2. The molecule has 0 spiro atoms. The number of hydrogen-bond donors (Lipinski definition) is 2. The van der Waals surface area contributed by atoms with Gasteiger partial charge >= 0.3 is 0 Å². The maximum atomic E-state index is 12.2. The Balaban J connectivity index is 2.62. The molecule has 0 bridgehead atoms. The van der Waals surface area contributed by atoms with Crippen LogP contribution in [-0.4, -0.2) is 35.0 Å². The third-order valence-corrected chi connectivity index (χ3v) is 4.44. The third-order valence-electron chi connectivity index (χ3n) is 4.44. The number of hydrogen-bond acceptors (Lipinski definition) is 4. The molecule has 4 heteroatoms. The summed E-state index contributed by atoms with van der Waals surface area (Å²) in [6.45, 7) is 7.81. The maximum absolute atomic E-state index is 12.2. The van der Waals surface area contributed by atoms with Crippen molar-refractivity contribution in [2.24, 2.45) is 10.8 Å². The zero-order valence-corrected chi connectivity index (χ0v) is 15.3. The van der Waals surface area contributed by atoms with Crippen LogP contribution >= 0.6 is 0 Å². The number of ketones is 2. The number of aliphatic hydroxyl groups excluding tert-OH is 2. The topological polar surface area (TPSA) is 74.6 Å². The first-order valence-electron chi connectivity index (χ1n) is 8.48. The first kappa shape index (κ1) is 20.5. The second-order valence-corrected chi connectivity index (χ2v) is 8.07. The number of carbonyl (C=O) groups is 2. The highest BCUT2D eigenvalue weighted by Gasteiger charge is 2.20. The lowest BCUT2D eigenvalue weighted by atomic mass is 9.86. The largest absolute Gasteiger partial charge is 0.396 e. The van der Waals surface area contributed by atoms with E-state index in [1.807, 2.05) is 27.7 Å². The predicted molar refractivity (Wildman–Crippen MR) is 95.3 cm³/mol. The number of rotatable bonds is 10. The zero-order valence-electron chi connectivity index (χ0n) is 15.3. The van der Waals surface area contributed by atoms with Gasteiger partial charge in [0.15, 0.2) is 11.6 Å². The van der Waals surface area contributed by atoms with Gasteiger partial charge in [0.25, 0.3) is 0 Å². The van der Waals surface area contributed by atoms with Crippen LogP contribution < -0.4 is 0 Å². The lowest BCUT2D eigenvalue weighted by Gasteiger charge is -2.21. The van der Waals surface area contributed by atoms with E-state index in [-0.39, 0.29) is 35.6 Å². The summed E-state index contributed by atoms with van der Waals surface area (Å²) in [5.41, 5.74) is 0.669. The van der Waals surface area contributed by atoms with E-state index in [4.69, 9.17) is 0 Å².